The summed E-state index contributed by atoms with van der Waals surface area (Å²) in [5.41, 5.74) is 1.85. The van der Waals surface area contributed by atoms with Gasteiger partial charge in [-0.05, 0) is 30.3 Å². The van der Waals surface area contributed by atoms with Gasteiger partial charge in [0.15, 0.2) is 0 Å². The zero-order valence-corrected chi connectivity index (χ0v) is 13.2. The van der Waals surface area contributed by atoms with Crippen LogP contribution >= 0.6 is 11.6 Å². The lowest BCUT2D eigenvalue weighted by Crippen LogP contribution is -2.44. The third-order valence-corrected chi connectivity index (χ3v) is 4.09. The van der Waals surface area contributed by atoms with Gasteiger partial charge in [-0.15, -0.1) is 0 Å². The number of nitrogens with zero attached hydrogens (tertiary/aromatic N) is 1. The van der Waals surface area contributed by atoms with Gasteiger partial charge in [0.1, 0.15) is 5.82 Å². The third-order valence-electron chi connectivity index (χ3n) is 3.78. The van der Waals surface area contributed by atoms with Crippen molar-refractivity contribution in [3.05, 3.63) is 58.9 Å². The average Bonchev–Trinajstić information content (AvgIpc) is 2.59. The van der Waals surface area contributed by atoms with Crippen molar-refractivity contribution in [2.24, 2.45) is 0 Å². The Morgan fingerprint density at radius 2 is 1.91 bits per heavy atom. The van der Waals surface area contributed by atoms with Crippen LogP contribution < -0.4 is 15.5 Å². The number of hydrogen-bond acceptors (Lipinski definition) is 3. The summed E-state index contributed by atoms with van der Waals surface area (Å²) in [5, 5.41) is 6.05. The van der Waals surface area contributed by atoms with Gasteiger partial charge in [-0.25, -0.2) is 4.39 Å². The molecule has 23 heavy (non-hydrogen) atoms. The van der Waals surface area contributed by atoms with Crippen LogP contribution in [0.5, 0.6) is 0 Å². The SMILES string of the molecule is O=C(Nc1ccc(Cl)c(F)c1)c1ccccc1N1CCNCC1. The highest BCUT2D eigenvalue weighted by Gasteiger charge is 2.18. The number of rotatable bonds is 3. The molecule has 0 aromatic heterocycles. The first-order valence-electron chi connectivity index (χ1n) is 7.46. The molecule has 1 aliphatic rings. The number of amides is 1. The molecular weight excluding hydrogens is 317 g/mol. The summed E-state index contributed by atoms with van der Waals surface area (Å²) in [7, 11) is 0. The average molecular weight is 334 g/mol. The molecule has 0 spiro atoms. The summed E-state index contributed by atoms with van der Waals surface area (Å²) in [6, 6.07) is 11.7. The molecule has 2 aromatic carbocycles. The van der Waals surface area contributed by atoms with Crippen molar-refractivity contribution in [2.75, 3.05) is 36.4 Å². The second-order valence-electron chi connectivity index (χ2n) is 5.34. The Morgan fingerprint density at radius 1 is 1.17 bits per heavy atom. The van der Waals surface area contributed by atoms with Crippen LogP contribution in [-0.2, 0) is 0 Å². The summed E-state index contributed by atoms with van der Waals surface area (Å²) in [4.78, 5) is 14.7. The van der Waals surface area contributed by atoms with Crippen LogP contribution in [0, 0.1) is 5.82 Å². The van der Waals surface area contributed by atoms with Crippen molar-refractivity contribution < 1.29 is 9.18 Å². The molecule has 4 nitrogen and oxygen atoms in total. The van der Waals surface area contributed by atoms with E-state index in [1.165, 1.54) is 12.1 Å². The van der Waals surface area contributed by atoms with Crippen molar-refractivity contribution in [1.82, 2.24) is 5.32 Å². The van der Waals surface area contributed by atoms with Gasteiger partial charge in [-0.1, -0.05) is 23.7 Å². The Kier molecular flexibility index (Phi) is 4.79. The number of carbonyl (C=O) groups is 1. The Balaban J connectivity index is 1.83. The molecule has 0 unspecified atom stereocenters. The lowest BCUT2D eigenvalue weighted by molar-refractivity contribution is 0.102. The van der Waals surface area contributed by atoms with Crippen molar-refractivity contribution in [3.8, 4) is 0 Å². The van der Waals surface area contributed by atoms with Crippen molar-refractivity contribution in [1.29, 1.82) is 0 Å². The Hall–Kier alpha value is -2.11. The standard InChI is InChI=1S/C17H17ClFN3O/c18-14-6-5-12(11-15(14)19)21-17(23)13-3-1-2-4-16(13)22-9-7-20-8-10-22/h1-6,11,20H,7-10H2,(H,21,23). The number of nitrogens with one attached hydrogen (secondary N) is 2. The van der Waals surface area contributed by atoms with E-state index in [9.17, 15) is 9.18 Å². The van der Waals surface area contributed by atoms with E-state index in [-0.39, 0.29) is 10.9 Å². The maximum atomic E-state index is 13.5. The summed E-state index contributed by atoms with van der Waals surface area (Å²) in [5.74, 6) is -0.819. The highest BCUT2D eigenvalue weighted by Crippen LogP contribution is 2.23. The van der Waals surface area contributed by atoms with Gasteiger partial charge in [-0.2, -0.15) is 0 Å². The molecule has 0 atom stereocenters. The molecule has 1 amide bonds. The third kappa shape index (κ3) is 3.63. The lowest BCUT2D eigenvalue weighted by atomic mass is 10.1. The van der Waals surface area contributed by atoms with Gasteiger partial charge < -0.3 is 15.5 Å². The first-order valence-corrected chi connectivity index (χ1v) is 7.84. The molecule has 6 heteroatoms. The molecule has 0 aliphatic carbocycles. The van der Waals surface area contributed by atoms with E-state index in [1.54, 1.807) is 12.1 Å². The van der Waals surface area contributed by atoms with Crippen LogP contribution in [0.1, 0.15) is 10.4 Å². The van der Waals surface area contributed by atoms with E-state index >= 15 is 0 Å². The van der Waals surface area contributed by atoms with E-state index in [2.05, 4.69) is 15.5 Å². The van der Waals surface area contributed by atoms with Crippen LogP contribution in [-0.4, -0.2) is 32.1 Å². The topological polar surface area (TPSA) is 44.4 Å². The smallest absolute Gasteiger partial charge is 0.257 e. The highest BCUT2D eigenvalue weighted by molar-refractivity contribution is 6.30. The van der Waals surface area contributed by atoms with Crippen LogP contribution in [0.2, 0.25) is 5.02 Å². The van der Waals surface area contributed by atoms with Gasteiger partial charge in [-0.3, -0.25) is 4.79 Å². The molecule has 1 aliphatic heterocycles. The molecule has 120 valence electrons. The number of carbonyl (C=O) groups excluding carboxylic acids is 1. The molecule has 2 aromatic rings. The predicted octanol–water partition coefficient (Wildman–Crippen LogP) is 3.14. The molecule has 3 rings (SSSR count). The maximum absolute atomic E-state index is 13.5. The fraction of sp³-hybridized carbons (Fsp3) is 0.235. The molecule has 0 bridgehead atoms. The van der Waals surface area contributed by atoms with Gasteiger partial charge in [0, 0.05) is 37.6 Å². The minimum absolute atomic E-state index is 0.0317. The van der Waals surface area contributed by atoms with E-state index in [0.717, 1.165) is 31.9 Å². The fourth-order valence-electron chi connectivity index (χ4n) is 2.62. The van der Waals surface area contributed by atoms with Gasteiger partial charge in [0.25, 0.3) is 5.91 Å². The van der Waals surface area contributed by atoms with Crippen LogP contribution in [0.25, 0.3) is 0 Å². The molecule has 1 saturated heterocycles. The Bertz CT molecular complexity index is 717. The quantitative estimate of drug-likeness (QED) is 0.907. The second kappa shape index (κ2) is 6.98. The number of piperazine rings is 1. The van der Waals surface area contributed by atoms with E-state index < -0.39 is 5.82 Å². The Morgan fingerprint density at radius 3 is 2.65 bits per heavy atom. The van der Waals surface area contributed by atoms with E-state index in [1.807, 2.05) is 18.2 Å². The molecule has 0 radical (unpaired) electrons. The predicted molar refractivity (Wildman–Crippen MR) is 90.9 cm³/mol. The summed E-state index contributed by atoms with van der Waals surface area (Å²) in [6.45, 7) is 3.47. The fourth-order valence-corrected chi connectivity index (χ4v) is 2.74. The van der Waals surface area contributed by atoms with Crippen LogP contribution in [0.4, 0.5) is 15.8 Å². The second-order valence-corrected chi connectivity index (χ2v) is 5.74. The van der Waals surface area contributed by atoms with Crippen molar-refractivity contribution in [2.45, 2.75) is 0 Å². The number of benzene rings is 2. The van der Waals surface area contributed by atoms with Crippen molar-refractivity contribution in [3.63, 3.8) is 0 Å². The molecular formula is C17H17ClFN3O. The van der Waals surface area contributed by atoms with Gasteiger partial charge in [0.2, 0.25) is 0 Å². The summed E-state index contributed by atoms with van der Waals surface area (Å²) in [6.07, 6.45) is 0. The lowest BCUT2D eigenvalue weighted by Gasteiger charge is -2.30. The largest absolute Gasteiger partial charge is 0.368 e. The number of anilines is 2. The highest BCUT2D eigenvalue weighted by atomic mass is 35.5. The number of halogens is 2. The Labute approximate surface area is 139 Å². The first kappa shape index (κ1) is 15.8. The number of hydrogen-bond donors (Lipinski definition) is 2. The minimum atomic E-state index is -0.556. The van der Waals surface area contributed by atoms with Crippen LogP contribution in [0.15, 0.2) is 42.5 Å². The van der Waals surface area contributed by atoms with E-state index in [4.69, 9.17) is 11.6 Å². The first-order chi connectivity index (χ1) is 11.1. The molecule has 1 heterocycles. The molecule has 2 N–H and O–H groups in total. The minimum Gasteiger partial charge on any atom is -0.368 e. The number of para-hydroxylation sites is 1. The normalized spacial score (nSPS) is 14.6. The summed E-state index contributed by atoms with van der Waals surface area (Å²) < 4.78 is 13.5. The van der Waals surface area contributed by atoms with Crippen LogP contribution in [0.3, 0.4) is 0 Å². The van der Waals surface area contributed by atoms with Gasteiger partial charge >= 0.3 is 0 Å². The maximum Gasteiger partial charge on any atom is 0.257 e. The van der Waals surface area contributed by atoms with Gasteiger partial charge in [0.05, 0.1) is 10.6 Å². The zero-order chi connectivity index (χ0) is 16.2. The molecule has 0 saturated carbocycles. The summed E-state index contributed by atoms with van der Waals surface area (Å²) >= 11 is 5.66. The molecule has 1 fully saturated rings. The van der Waals surface area contributed by atoms with Crippen molar-refractivity contribution >= 4 is 28.9 Å². The van der Waals surface area contributed by atoms with E-state index in [0.29, 0.717) is 11.3 Å². The monoisotopic (exact) mass is 333 g/mol. The zero-order valence-electron chi connectivity index (χ0n) is 12.5.